The van der Waals surface area contributed by atoms with Gasteiger partial charge in [-0.25, -0.2) is 0 Å². The molecular formula is C21H29N5S2. The highest BCUT2D eigenvalue weighted by molar-refractivity contribution is 7.99. The third kappa shape index (κ3) is 4.75. The highest BCUT2D eigenvalue weighted by Gasteiger charge is 2.20. The number of benzene rings is 1. The van der Waals surface area contributed by atoms with Crippen LogP contribution in [0.15, 0.2) is 46.8 Å². The van der Waals surface area contributed by atoms with Crippen LogP contribution in [-0.4, -0.2) is 68.7 Å². The molecule has 2 saturated heterocycles. The van der Waals surface area contributed by atoms with Crippen LogP contribution in [0.25, 0.3) is 0 Å². The highest BCUT2D eigenvalue weighted by atomic mass is 32.2. The number of thioether (sulfide) groups is 1. The van der Waals surface area contributed by atoms with Gasteiger partial charge in [0.1, 0.15) is 0 Å². The molecule has 0 atom stereocenters. The van der Waals surface area contributed by atoms with Gasteiger partial charge in [-0.05, 0) is 35.2 Å². The van der Waals surface area contributed by atoms with Gasteiger partial charge < -0.3 is 20.0 Å². The highest BCUT2D eigenvalue weighted by Crippen LogP contribution is 2.22. The van der Waals surface area contributed by atoms with Crippen LogP contribution in [0, 0.1) is 0 Å². The summed E-state index contributed by atoms with van der Waals surface area (Å²) in [5.41, 5.74) is 2.65. The molecular weight excluding hydrogens is 386 g/mol. The zero-order chi connectivity index (χ0) is 19.2. The van der Waals surface area contributed by atoms with E-state index in [-0.39, 0.29) is 0 Å². The van der Waals surface area contributed by atoms with Gasteiger partial charge in [0.25, 0.3) is 0 Å². The molecule has 0 bridgehead atoms. The number of thiophene rings is 1. The molecule has 4 rings (SSSR count). The second-order valence-corrected chi connectivity index (χ2v) is 9.24. The van der Waals surface area contributed by atoms with Crippen LogP contribution in [0.3, 0.4) is 0 Å². The monoisotopic (exact) mass is 415 g/mol. The van der Waals surface area contributed by atoms with Gasteiger partial charge in [-0.2, -0.15) is 11.8 Å². The van der Waals surface area contributed by atoms with Crippen molar-refractivity contribution in [1.29, 1.82) is 0 Å². The molecule has 1 aromatic heterocycles. The minimum Gasteiger partial charge on any atom is -0.370 e. The standard InChI is InChI=1S/C21H29N5S2/c1-22-21(26-10-8-25(9-11-26)20-3-2-14-28-20)23-17-18-4-6-19(7-5-18)24-12-15-27-16-13-24/h2-7,14H,8-13,15-17H2,1H3,(H,22,23). The summed E-state index contributed by atoms with van der Waals surface area (Å²) in [5, 5.41) is 7.07. The Balaban J connectivity index is 1.27. The molecule has 0 amide bonds. The van der Waals surface area contributed by atoms with Gasteiger partial charge >= 0.3 is 0 Å². The summed E-state index contributed by atoms with van der Waals surface area (Å²) in [6.45, 7) is 7.23. The molecule has 0 spiro atoms. The summed E-state index contributed by atoms with van der Waals surface area (Å²) < 4.78 is 0. The van der Waals surface area contributed by atoms with Crippen molar-refractivity contribution in [3.05, 3.63) is 47.3 Å². The minimum atomic E-state index is 0.813. The van der Waals surface area contributed by atoms with E-state index in [0.29, 0.717) is 0 Å². The largest absolute Gasteiger partial charge is 0.370 e. The van der Waals surface area contributed by atoms with Crippen molar-refractivity contribution in [1.82, 2.24) is 10.2 Å². The first kappa shape index (κ1) is 19.5. The SMILES string of the molecule is CN=C(NCc1ccc(N2CCSCC2)cc1)N1CCN(c2cccs2)CC1. The quantitative estimate of drug-likeness (QED) is 0.613. The van der Waals surface area contributed by atoms with E-state index in [1.54, 1.807) is 0 Å². The Bertz CT molecular complexity index is 746. The summed E-state index contributed by atoms with van der Waals surface area (Å²) in [6, 6.07) is 13.3. The molecule has 150 valence electrons. The van der Waals surface area contributed by atoms with Gasteiger partial charge in [0.2, 0.25) is 0 Å². The lowest BCUT2D eigenvalue weighted by Crippen LogP contribution is -2.52. The van der Waals surface area contributed by atoms with E-state index in [0.717, 1.165) is 51.8 Å². The van der Waals surface area contributed by atoms with E-state index in [1.165, 1.54) is 27.8 Å². The Kier molecular flexibility index (Phi) is 6.65. The molecule has 2 aromatic rings. The number of guanidine groups is 1. The number of hydrogen-bond donors (Lipinski definition) is 1. The van der Waals surface area contributed by atoms with Gasteiger partial charge in [0.15, 0.2) is 5.96 Å². The number of nitrogens with zero attached hydrogens (tertiary/aromatic N) is 4. The maximum Gasteiger partial charge on any atom is 0.194 e. The van der Waals surface area contributed by atoms with E-state index in [4.69, 9.17) is 0 Å². The van der Waals surface area contributed by atoms with Crippen molar-refractivity contribution in [3.63, 3.8) is 0 Å². The number of rotatable bonds is 4. The van der Waals surface area contributed by atoms with Crippen molar-refractivity contribution in [2.45, 2.75) is 6.54 Å². The lowest BCUT2D eigenvalue weighted by Gasteiger charge is -2.37. The molecule has 2 aliphatic heterocycles. The summed E-state index contributed by atoms with van der Waals surface area (Å²) in [7, 11) is 1.88. The Hall–Kier alpha value is -1.86. The second kappa shape index (κ2) is 9.56. The van der Waals surface area contributed by atoms with Crippen LogP contribution in [0.1, 0.15) is 5.56 Å². The topological polar surface area (TPSA) is 34.1 Å². The van der Waals surface area contributed by atoms with Gasteiger partial charge in [-0.1, -0.05) is 12.1 Å². The molecule has 28 heavy (non-hydrogen) atoms. The van der Waals surface area contributed by atoms with E-state index < -0.39 is 0 Å². The lowest BCUT2D eigenvalue weighted by atomic mass is 10.2. The molecule has 2 fully saturated rings. The summed E-state index contributed by atoms with van der Waals surface area (Å²) in [5.74, 6) is 3.47. The first-order chi connectivity index (χ1) is 13.8. The fourth-order valence-corrected chi connectivity index (χ4v) is 5.44. The van der Waals surface area contributed by atoms with Crippen LogP contribution in [0.5, 0.6) is 0 Å². The Morgan fingerprint density at radius 2 is 1.71 bits per heavy atom. The first-order valence-electron chi connectivity index (χ1n) is 9.99. The molecule has 0 radical (unpaired) electrons. The maximum atomic E-state index is 4.51. The number of piperazine rings is 1. The average Bonchev–Trinajstić information content (AvgIpc) is 3.31. The molecule has 0 unspecified atom stereocenters. The Morgan fingerprint density at radius 1 is 0.964 bits per heavy atom. The lowest BCUT2D eigenvalue weighted by molar-refractivity contribution is 0.373. The fraction of sp³-hybridized carbons (Fsp3) is 0.476. The van der Waals surface area contributed by atoms with Crippen LogP contribution < -0.4 is 15.1 Å². The van der Waals surface area contributed by atoms with Crippen molar-refractivity contribution < 1.29 is 0 Å². The van der Waals surface area contributed by atoms with Gasteiger partial charge in [0.05, 0.1) is 5.00 Å². The molecule has 5 nitrogen and oxygen atoms in total. The van der Waals surface area contributed by atoms with E-state index in [9.17, 15) is 0 Å². The van der Waals surface area contributed by atoms with Crippen molar-refractivity contribution >= 4 is 39.7 Å². The summed E-state index contributed by atoms with van der Waals surface area (Å²) >= 11 is 3.87. The Labute approximate surface area is 176 Å². The molecule has 7 heteroatoms. The predicted molar refractivity (Wildman–Crippen MR) is 124 cm³/mol. The normalized spacial score (nSPS) is 18.5. The zero-order valence-electron chi connectivity index (χ0n) is 16.5. The average molecular weight is 416 g/mol. The smallest absolute Gasteiger partial charge is 0.194 e. The van der Waals surface area contributed by atoms with Gasteiger partial charge in [-0.15, -0.1) is 11.3 Å². The zero-order valence-corrected chi connectivity index (χ0v) is 18.1. The number of anilines is 2. The second-order valence-electron chi connectivity index (χ2n) is 7.09. The van der Waals surface area contributed by atoms with E-state index in [1.807, 2.05) is 18.4 Å². The number of nitrogens with one attached hydrogen (secondary N) is 1. The molecule has 2 aliphatic rings. The fourth-order valence-electron chi connectivity index (χ4n) is 3.75. The molecule has 1 N–H and O–H groups in total. The van der Waals surface area contributed by atoms with Crippen LogP contribution in [0.4, 0.5) is 10.7 Å². The summed E-state index contributed by atoms with van der Waals surface area (Å²) in [6.07, 6.45) is 0. The van der Waals surface area contributed by atoms with Crippen LogP contribution >= 0.6 is 23.1 Å². The number of hydrogen-bond acceptors (Lipinski definition) is 5. The molecule has 3 heterocycles. The Morgan fingerprint density at radius 3 is 2.36 bits per heavy atom. The molecule has 0 saturated carbocycles. The maximum absolute atomic E-state index is 4.51. The van der Waals surface area contributed by atoms with Crippen molar-refractivity contribution in [2.75, 3.05) is 67.6 Å². The number of aliphatic imine (C=N–C) groups is 1. The third-order valence-electron chi connectivity index (χ3n) is 5.37. The molecule has 0 aliphatic carbocycles. The van der Waals surface area contributed by atoms with Crippen molar-refractivity contribution in [3.8, 4) is 0 Å². The summed E-state index contributed by atoms with van der Waals surface area (Å²) in [4.78, 5) is 11.8. The van der Waals surface area contributed by atoms with Crippen LogP contribution in [0.2, 0.25) is 0 Å². The predicted octanol–water partition coefficient (Wildman–Crippen LogP) is 3.20. The van der Waals surface area contributed by atoms with E-state index in [2.05, 4.69) is 78.5 Å². The van der Waals surface area contributed by atoms with Gasteiger partial charge in [-0.3, -0.25) is 4.99 Å². The molecule has 1 aromatic carbocycles. The van der Waals surface area contributed by atoms with E-state index >= 15 is 0 Å². The van der Waals surface area contributed by atoms with Crippen LogP contribution in [-0.2, 0) is 6.54 Å². The third-order valence-corrected chi connectivity index (χ3v) is 7.24. The first-order valence-corrected chi connectivity index (χ1v) is 12.0. The van der Waals surface area contributed by atoms with Gasteiger partial charge in [0, 0.05) is 70.1 Å². The minimum absolute atomic E-state index is 0.813. The van der Waals surface area contributed by atoms with Crippen molar-refractivity contribution in [2.24, 2.45) is 4.99 Å².